The zero-order valence-electron chi connectivity index (χ0n) is 12.5. The van der Waals surface area contributed by atoms with Gasteiger partial charge in [0.1, 0.15) is 11.3 Å². The molecule has 6 heteroatoms. The summed E-state index contributed by atoms with van der Waals surface area (Å²) in [7, 11) is 3.24. The van der Waals surface area contributed by atoms with Crippen molar-refractivity contribution in [2.24, 2.45) is 0 Å². The number of benzene rings is 1. The van der Waals surface area contributed by atoms with Gasteiger partial charge in [0.2, 0.25) is 0 Å². The second-order valence-electron chi connectivity index (χ2n) is 4.88. The second-order valence-corrected chi connectivity index (χ2v) is 4.88. The lowest BCUT2D eigenvalue weighted by Crippen LogP contribution is -2.23. The van der Waals surface area contributed by atoms with Gasteiger partial charge >= 0.3 is 0 Å². The molecule has 0 aliphatic heterocycles. The fourth-order valence-corrected chi connectivity index (χ4v) is 2.32. The number of rotatable bonds is 5. The molecule has 0 atom stereocenters. The third kappa shape index (κ3) is 2.60. The summed E-state index contributed by atoms with van der Waals surface area (Å²) < 4.78 is 13.5. The van der Waals surface area contributed by atoms with Gasteiger partial charge in [-0.3, -0.25) is 4.79 Å². The number of ether oxygens (including phenoxy) is 2. The summed E-state index contributed by atoms with van der Waals surface area (Å²) in [5, 5.41) is 4.46. The molecule has 0 amide bonds. The van der Waals surface area contributed by atoms with Gasteiger partial charge in [-0.1, -0.05) is 12.1 Å². The molecular weight excluding hydrogens is 282 g/mol. The maximum Gasteiger partial charge on any atom is 0.276 e. The zero-order valence-corrected chi connectivity index (χ0v) is 12.5. The lowest BCUT2D eigenvalue weighted by atomic mass is 10.1. The molecular formula is C16H17N3O3. The van der Waals surface area contributed by atoms with Gasteiger partial charge in [0.05, 0.1) is 19.4 Å². The highest BCUT2D eigenvalue weighted by Crippen LogP contribution is 2.22. The van der Waals surface area contributed by atoms with Crippen LogP contribution in [-0.2, 0) is 11.3 Å². The summed E-state index contributed by atoms with van der Waals surface area (Å²) in [6.45, 7) is 1.01. The van der Waals surface area contributed by atoms with Gasteiger partial charge in [-0.25, -0.2) is 4.52 Å². The summed E-state index contributed by atoms with van der Waals surface area (Å²) >= 11 is 0. The van der Waals surface area contributed by atoms with Crippen LogP contribution in [0.2, 0.25) is 0 Å². The summed E-state index contributed by atoms with van der Waals surface area (Å²) in [5.74, 6) is 0.757. The van der Waals surface area contributed by atoms with Crippen LogP contribution in [0.3, 0.4) is 0 Å². The third-order valence-electron chi connectivity index (χ3n) is 3.51. The van der Waals surface area contributed by atoms with Crippen molar-refractivity contribution in [3.8, 4) is 17.0 Å². The van der Waals surface area contributed by atoms with E-state index in [2.05, 4.69) is 5.10 Å². The maximum absolute atomic E-state index is 12.4. The van der Waals surface area contributed by atoms with Crippen LogP contribution in [0, 0.1) is 0 Å². The number of hydrogen-bond acceptors (Lipinski definition) is 4. The number of hydrogen-bond donors (Lipinski definition) is 0. The van der Waals surface area contributed by atoms with Crippen LogP contribution in [0.5, 0.6) is 5.75 Å². The van der Waals surface area contributed by atoms with Gasteiger partial charge in [0.25, 0.3) is 5.56 Å². The molecule has 0 saturated heterocycles. The normalized spacial score (nSPS) is 11.0. The average molecular weight is 299 g/mol. The van der Waals surface area contributed by atoms with Crippen molar-refractivity contribution in [1.82, 2.24) is 14.2 Å². The lowest BCUT2D eigenvalue weighted by Gasteiger charge is -2.04. The molecule has 0 saturated carbocycles. The average Bonchev–Trinajstić information content (AvgIpc) is 2.99. The van der Waals surface area contributed by atoms with Crippen LogP contribution >= 0.6 is 0 Å². The van der Waals surface area contributed by atoms with E-state index in [1.165, 1.54) is 0 Å². The van der Waals surface area contributed by atoms with Crippen LogP contribution in [0.25, 0.3) is 16.8 Å². The minimum absolute atomic E-state index is 0.0822. The van der Waals surface area contributed by atoms with Crippen molar-refractivity contribution in [1.29, 1.82) is 0 Å². The van der Waals surface area contributed by atoms with Crippen LogP contribution in [0.4, 0.5) is 0 Å². The molecule has 2 aromatic heterocycles. The van der Waals surface area contributed by atoms with Crippen molar-refractivity contribution in [3.63, 3.8) is 0 Å². The molecule has 1 aromatic carbocycles. The first-order valence-corrected chi connectivity index (χ1v) is 6.95. The standard InChI is InChI=1S/C16H17N3O3/c1-21-9-8-18-6-7-19-15(16(18)20)11-14(17-19)12-4-3-5-13(10-12)22-2/h3-7,10-11H,8-9H2,1-2H3. The molecule has 6 nitrogen and oxygen atoms in total. The number of methoxy groups -OCH3 is 2. The molecule has 0 bridgehead atoms. The molecule has 2 heterocycles. The van der Waals surface area contributed by atoms with Crippen LogP contribution in [0.1, 0.15) is 0 Å². The molecule has 0 aliphatic carbocycles. The van der Waals surface area contributed by atoms with E-state index in [0.29, 0.717) is 18.7 Å². The Bertz CT molecular complexity index is 851. The Morgan fingerprint density at radius 2 is 2.05 bits per heavy atom. The number of aromatic nitrogens is 3. The summed E-state index contributed by atoms with van der Waals surface area (Å²) in [4.78, 5) is 12.4. The van der Waals surface area contributed by atoms with E-state index in [1.807, 2.05) is 24.3 Å². The largest absolute Gasteiger partial charge is 0.497 e. The summed E-state index contributed by atoms with van der Waals surface area (Å²) in [6.07, 6.45) is 3.49. The van der Waals surface area contributed by atoms with E-state index < -0.39 is 0 Å². The molecule has 0 aliphatic rings. The topological polar surface area (TPSA) is 57.8 Å². The van der Waals surface area contributed by atoms with E-state index in [1.54, 1.807) is 41.8 Å². The van der Waals surface area contributed by atoms with Gasteiger partial charge in [-0.05, 0) is 18.2 Å². The van der Waals surface area contributed by atoms with E-state index in [-0.39, 0.29) is 5.56 Å². The molecule has 114 valence electrons. The SMILES string of the molecule is COCCn1ccn2nc(-c3cccc(OC)c3)cc2c1=O. The van der Waals surface area contributed by atoms with Crippen molar-refractivity contribution < 1.29 is 9.47 Å². The highest BCUT2D eigenvalue weighted by Gasteiger charge is 2.09. The lowest BCUT2D eigenvalue weighted by molar-refractivity contribution is 0.186. The van der Waals surface area contributed by atoms with E-state index in [4.69, 9.17) is 9.47 Å². The molecule has 0 fully saturated rings. The van der Waals surface area contributed by atoms with E-state index >= 15 is 0 Å². The quantitative estimate of drug-likeness (QED) is 0.721. The summed E-state index contributed by atoms with van der Waals surface area (Å²) in [6, 6.07) is 9.39. The number of nitrogens with zero attached hydrogens (tertiary/aromatic N) is 3. The first kappa shape index (κ1) is 14.3. The Morgan fingerprint density at radius 3 is 2.82 bits per heavy atom. The van der Waals surface area contributed by atoms with Gasteiger partial charge < -0.3 is 14.0 Å². The van der Waals surface area contributed by atoms with Crippen LogP contribution in [-0.4, -0.2) is 35.0 Å². The van der Waals surface area contributed by atoms with E-state index in [0.717, 1.165) is 17.0 Å². The smallest absolute Gasteiger partial charge is 0.276 e. The molecule has 0 spiro atoms. The molecule has 0 N–H and O–H groups in total. The minimum atomic E-state index is -0.0822. The third-order valence-corrected chi connectivity index (χ3v) is 3.51. The van der Waals surface area contributed by atoms with E-state index in [9.17, 15) is 4.79 Å². The Kier molecular flexibility index (Phi) is 3.93. The Morgan fingerprint density at radius 1 is 1.18 bits per heavy atom. The van der Waals surface area contributed by atoms with Crippen molar-refractivity contribution in [3.05, 3.63) is 53.1 Å². The Labute approximate surface area is 127 Å². The van der Waals surface area contributed by atoms with Crippen molar-refractivity contribution in [2.45, 2.75) is 6.54 Å². The highest BCUT2D eigenvalue weighted by molar-refractivity contribution is 5.66. The predicted molar refractivity (Wildman–Crippen MR) is 83.3 cm³/mol. The second kappa shape index (κ2) is 6.03. The summed E-state index contributed by atoms with van der Waals surface area (Å²) in [5.41, 5.74) is 2.10. The first-order chi connectivity index (χ1) is 10.7. The monoisotopic (exact) mass is 299 g/mol. The van der Waals surface area contributed by atoms with Gasteiger partial charge in [-0.15, -0.1) is 0 Å². The molecule has 3 aromatic rings. The van der Waals surface area contributed by atoms with Gasteiger partial charge in [-0.2, -0.15) is 5.10 Å². The van der Waals surface area contributed by atoms with Gasteiger partial charge in [0, 0.05) is 31.6 Å². The minimum Gasteiger partial charge on any atom is -0.497 e. The molecule has 22 heavy (non-hydrogen) atoms. The number of fused-ring (bicyclic) bond motifs is 1. The molecule has 0 radical (unpaired) electrons. The molecule has 0 unspecified atom stereocenters. The van der Waals surface area contributed by atoms with Crippen molar-refractivity contribution >= 4 is 5.52 Å². The predicted octanol–water partition coefficient (Wildman–Crippen LogP) is 1.82. The van der Waals surface area contributed by atoms with Crippen LogP contribution < -0.4 is 10.3 Å². The Balaban J connectivity index is 2.05. The van der Waals surface area contributed by atoms with Crippen LogP contribution in [0.15, 0.2) is 47.5 Å². The Hall–Kier alpha value is -2.60. The maximum atomic E-state index is 12.4. The zero-order chi connectivity index (χ0) is 15.5. The molecule has 3 rings (SSSR count). The first-order valence-electron chi connectivity index (χ1n) is 6.95. The van der Waals surface area contributed by atoms with Gasteiger partial charge in [0.15, 0.2) is 0 Å². The fourth-order valence-electron chi connectivity index (χ4n) is 2.32. The fraction of sp³-hybridized carbons (Fsp3) is 0.250. The highest BCUT2D eigenvalue weighted by atomic mass is 16.5. The van der Waals surface area contributed by atoms with Crippen molar-refractivity contribution in [2.75, 3.05) is 20.8 Å².